The number of ketones is 2. The third kappa shape index (κ3) is 5.48. The molecule has 3 aromatic rings. The number of benzene rings is 2. The van der Waals surface area contributed by atoms with Gasteiger partial charge in [0.2, 0.25) is 11.7 Å². The molecular weight excluding hydrogens is 751 g/mol. The van der Waals surface area contributed by atoms with Crippen LogP contribution in [0.4, 0.5) is 10.1 Å². The van der Waals surface area contributed by atoms with E-state index in [9.17, 15) is 24.3 Å². The molecule has 12 heteroatoms. The summed E-state index contributed by atoms with van der Waals surface area (Å²) in [5.41, 5.74) is -3.62. The van der Waals surface area contributed by atoms with Crippen molar-refractivity contribution in [1.29, 1.82) is 0 Å². The lowest BCUT2D eigenvalue weighted by atomic mass is 9.44. The summed E-state index contributed by atoms with van der Waals surface area (Å²) in [6.45, 7) is 8.44. The molecule has 5 fully saturated rings. The van der Waals surface area contributed by atoms with Crippen LogP contribution in [0.15, 0.2) is 78.7 Å². The minimum absolute atomic E-state index is 0.0148. The average Bonchev–Trinajstić information content (AvgIpc) is 3.68. The number of aromatic nitrogens is 1. The quantitative estimate of drug-likeness (QED) is 0.233. The second kappa shape index (κ2) is 12.9. The third-order valence-electron chi connectivity index (χ3n) is 14.6. The number of hydrogen-bond donors (Lipinski definition) is 2. The van der Waals surface area contributed by atoms with Crippen LogP contribution in [-0.4, -0.2) is 69.4 Å². The number of halogens is 2. The van der Waals surface area contributed by atoms with Crippen molar-refractivity contribution in [1.82, 2.24) is 4.98 Å². The predicted octanol–water partition coefficient (Wildman–Crippen LogP) is 7.47. The molecule has 2 heterocycles. The SMILES string of the molecule is C[C@H]1[C@@H](C(=O)Nc2ccc3cncc(Cl)c3c2)[C@@H]1c1cccc(C(=O)OCC(=O)[C@@]23OC(C)(C)O[C@@H]2C[C@H]2[C@@H]4CCC5=CC(=O)C=C[C@]5(C)[C@@]4(F)[C@@H](O)C[C@@]23C)c1. The molecule has 0 bridgehead atoms. The van der Waals surface area contributed by atoms with Crippen molar-refractivity contribution in [2.24, 2.45) is 34.5 Å². The van der Waals surface area contributed by atoms with Crippen molar-refractivity contribution in [3.8, 4) is 0 Å². The van der Waals surface area contributed by atoms with Gasteiger partial charge in [-0.15, -0.1) is 0 Å². The van der Waals surface area contributed by atoms with Crippen LogP contribution < -0.4 is 5.32 Å². The molecule has 9 rings (SSSR count). The Morgan fingerprint density at radius 3 is 2.67 bits per heavy atom. The average molecular weight is 797 g/mol. The van der Waals surface area contributed by atoms with E-state index in [0.717, 1.165) is 16.3 Å². The number of carbonyl (C=O) groups is 4. The van der Waals surface area contributed by atoms with Crippen LogP contribution in [0.2, 0.25) is 5.02 Å². The second-order valence-corrected chi connectivity index (χ2v) is 18.3. The van der Waals surface area contributed by atoms with E-state index in [0.29, 0.717) is 35.5 Å². The summed E-state index contributed by atoms with van der Waals surface area (Å²) in [6.07, 6.45) is 6.61. The van der Waals surface area contributed by atoms with Crippen LogP contribution in [0.1, 0.15) is 82.1 Å². The smallest absolute Gasteiger partial charge is 0.338 e. The van der Waals surface area contributed by atoms with Crippen molar-refractivity contribution in [3.05, 3.63) is 94.8 Å². The summed E-state index contributed by atoms with van der Waals surface area (Å²) in [5.74, 6) is -4.21. The Morgan fingerprint density at radius 1 is 1.09 bits per heavy atom. The van der Waals surface area contributed by atoms with Crippen molar-refractivity contribution < 1.29 is 42.9 Å². The summed E-state index contributed by atoms with van der Waals surface area (Å²) >= 11 is 6.33. The van der Waals surface area contributed by atoms with Gasteiger partial charge >= 0.3 is 5.97 Å². The van der Waals surface area contributed by atoms with Gasteiger partial charge in [-0.1, -0.05) is 55.3 Å². The van der Waals surface area contributed by atoms with E-state index in [1.54, 1.807) is 57.4 Å². The normalized spacial score (nSPS) is 38.4. The number of aliphatic hydroxyl groups is 1. The number of Topliss-reactive ketones (excluding diaryl/α,β-unsaturated/α-hetero) is 1. The number of nitrogens with zero attached hydrogens (tertiary/aromatic N) is 1. The van der Waals surface area contributed by atoms with Gasteiger partial charge in [0.1, 0.15) is 0 Å². The number of aliphatic hydroxyl groups excluding tert-OH is 1. The predicted molar refractivity (Wildman–Crippen MR) is 209 cm³/mol. The third-order valence-corrected chi connectivity index (χ3v) is 14.9. The summed E-state index contributed by atoms with van der Waals surface area (Å²) in [4.78, 5) is 58.0. The van der Waals surface area contributed by atoms with E-state index in [4.69, 9.17) is 25.8 Å². The molecule has 57 heavy (non-hydrogen) atoms. The highest BCUT2D eigenvalue weighted by molar-refractivity contribution is 6.35. The maximum Gasteiger partial charge on any atom is 0.338 e. The molecule has 0 radical (unpaired) electrons. The van der Waals surface area contributed by atoms with Gasteiger partial charge in [0, 0.05) is 51.5 Å². The lowest BCUT2D eigenvalue weighted by molar-refractivity contribution is -0.246. The molecule has 0 unspecified atom stereocenters. The molecule has 5 aliphatic carbocycles. The van der Waals surface area contributed by atoms with Crippen LogP contribution in [0.5, 0.6) is 0 Å². The first-order chi connectivity index (χ1) is 26.9. The fraction of sp³-hybridized carbons (Fsp3) is 0.489. The number of fused-ring (bicyclic) bond motifs is 8. The molecule has 10 nitrogen and oxygen atoms in total. The fourth-order valence-electron chi connectivity index (χ4n) is 11.8. The number of amides is 1. The standard InChI is InChI=1S/C45H46ClFN2O8/c1-23-37(38(23)39(53)49-28-11-9-26-20-48-21-33(46)30(26)17-28)24-7-6-8-25(15-24)40(54)55-22-35(52)45-36(56-41(2,3)57-45)18-32-31-12-10-27-16-29(50)13-14-42(27,4)44(31,47)34(51)19-43(32,45)5/h6-9,11,13-17,20-21,23,31-32,34,36-38,51H,10,12,18-19,22H2,1-5H3,(H,49,53)/t23-,31+,32+,34+,36-,37+,38-,42+,43+,44+,45-/m1/s1. The number of pyridine rings is 1. The molecule has 0 spiro atoms. The zero-order chi connectivity index (χ0) is 40.4. The molecule has 2 N–H and O–H groups in total. The van der Waals surface area contributed by atoms with Gasteiger partial charge in [0.25, 0.3) is 0 Å². The number of rotatable bonds is 7. The highest BCUT2D eigenvalue weighted by Gasteiger charge is 2.80. The maximum absolute atomic E-state index is 17.8. The van der Waals surface area contributed by atoms with E-state index in [-0.39, 0.29) is 41.4 Å². The highest BCUT2D eigenvalue weighted by Crippen LogP contribution is 2.72. The Balaban J connectivity index is 0.916. The van der Waals surface area contributed by atoms with Crippen LogP contribution in [0, 0.1) is 34.5 Å². The Morgan fingerprint density at radius 2 is 1.88 bits per heavy atom. The Bertz CT molecular complexity index is 2330. The van der Waals surface area contributed by atoms with E-state index < -0.39 is 70.3 Å². The van der Waals surface area contributed by atoms with E-state index in [1.807, 2.05) is 38.1 Å². The zero-order valence-corrected chi connectivity index (χ0v) is 33.3. The van der Waals surface area contributed by atoms with Gasteiger partial charge in [-0.2, -0.15) is 0 Å². The summed E-state index contributed by atoms with van der Waals surface area (Å²) in [6, 6.07) is 12.4. The number of esters is 1. The van der Waals surface area contributed by atoms with Crippen molar-refractivity contribution in [2.45, 2.75) is 95.5 Å². The lowest BCUT2D eigenvalue weighted by Crippen LogP contribution is -2.70. The molecule has 6 aliphatic rings. The van der Waals surface area contributed by atoms with Crippen molar-refractivity contribution in [3.63, 3.8) is 0 Å². The van der Waals surface area contributed by atoms with E-state index in [1.165, 1.54) is 12.2 Å². The molecule has 11 atom stereocenters. The first kappa shape index (κ1) is 38.2. The molecule has 1 aliphatic heterocycles. The van der Waals surface area contributed by atoms with Crippen LogP contribution in [-0.2, 0) is 28.6 Å². The Labute approximate surface area is 335 Å². The number of anilines is 1. The number of nitrogens with one attached hydrogen (secondary N) is 1. The topological polar surface area (TPSA) is 141 Å². The molecule has 298 valence electrons. The number of hydrogen-bond acceptors (Lipinski definition) is 9. The molecule has 1 amide bonds. The van der Waals surface area contributed by atoms with Gasteiger partial charge in [-0.05, 0) is 106 Å². The number of allylic oxidation sites excluding steroid dienone is 4. The maximum atomic E-state index is 17.8. The number of alkyl halides is 1. The molecule has 1 saturated heterocycles. The van der Waals surface area contributed by atoms with Crippen LogP contribution in [0.25, 0.3) is 10.8 Å². The Kier molecular flexibility index (Phi) is 8.62. The molecule has 1 aromatic heterocycles. The molecular formula is C45H46ClFN2O8. The fourth-order valence-corrected chi connectivity index (χ4v) is 12.0. The van der Waals surface area contributed by atoms with Gasteiger partial charge in [-0.3, -0.25) is 19.4 Å². The van der Waals surface area contributed by atoms with Crippen molar-refractivity contribution in [2.75, 3.05) is 11.9 Å². The van der Waals surface area contributed by atoms with Gasteiger partial charge < -0.3 is 24.6 Å². The van der Waals surface area contributed by atoms with E-state index in [2.05, 4.69) is 10.3 Å². The van der Waals surface area contributed by atoms with Gasteiger partial charge in [-0.25, -0.2) is 9.18 Å². The van der Waals surface area contributed by atoms with Crippen molar-refractivity contribution >= 4 is 51.5 Å². The zero-order valence-electron chi connectivity index (χ0n) is 32.5. The highest BCUT2D eigenvalue weighted by atomic mass is 35.5. The minimum atomic E-state index is -2.09. The number of ether oxygens (including phenoxy) is 3. The van der Waals surface area contributed by atoms with E-state index >= 15 is 4.39 Å². The molecule has 4 saturated carbocycles. The monoisotopic (exact) mass is 796 g/mol. The summed E-state index contributed by atoms with van der Waals surface area (Å²) < 4.78 is 36.5. The second-order valence-electron chi connectivity index (χ2n) is 17.9. The van der Waals surface area contributed by atoms with Crippen LogP contribution >= 0.6 is 11.6 Å². The Hall–Kier alpha value is -4.29. The van der Waals surface area contributed by atoms with Crippen LogP contribution in [0.3, 0.4) is 0 Å². The summed E-state index contributed by atoms with van der Waals surface area (Å²) in [7, 11) is 0. The van der Waals surface area contributed by atoms with Gasteiger partial charge in [0.05, 0.1) is 22.8 Å². The van der Waals surface area contributed by atoms with Gasteiger partial charge in [0.15, 0.2) is 29.4 Å². The minimum Gasteiger partial charge on any atom is -0.454 e. The first-order valence-electron chi connectivity index (χ1n) is 19.8. The largest absolute Gasteiger partial charge is 0.454 e. The lowest BCUT2D eigenvalue weighted by Gasteiger charge is -2.62. The molecule has 2 aromatic carbocycles. The number of carbonyl (C=O) groups excluding carboxylic acids is 4. The summed E-state index contributed by atoms with van der Waals surface area (Å²) in [5, 5.41) is 17.0. The first-order valence-corrected chi connectivity index (χ1v) is 20.1.